The average Bonchev–Trinajstić information content (AvgIpc) is 2.74. The molecule has 0 aromatic carbocycles. The Bertz CT molecular complexity index is 455. The van der Waals surface area contributed by atoms with Gasteiger partial charge in [0.2, 0.25) is 5.91 Å². The van der Waals surface area contributed by atoms with Crippen molar-refractivity contribution in [1.82, 2.24) is 10.1 Å². The molecule has 18 heavy (non-hydrogen) atoms. The lowest BCUT2D eigenvalue weighted by Gasteiger charge is -2.18. The molecule has 0 spiro atoms. The van der Waals surface area contributed by atoms with E-state index in [0.717, 1.165) is 12.8 Å². The van der Waals surface area contributed by atoms with Gasteiger partial charge in [-0.15, -0.1) is 0 Å². The molecule has 0 bridgehead atoms. The summed E-state index contributed by atoms with van der Waals surface area (Å²) < 4.78 is 4.92. The number of hydrogen-bond acceptors (Lipinski definition) is 4. The van der Waals surface area contributed by atoms with E-state index >= 15 is 0 Å². The van der Waals surface area contributed by atoms with Gasteiger partial charge in [-0.3, -0.25) is 4.79 Å². The summed E-state index contributed by atoms with van der Waals surface area (Å²) in [5.74, 6) is -0.0769. The number of carboxylic acids is 1. The second kappa shape index (κ2) is 5.20. The third-order valence-corrected chi connectivity index (χ3v) is 3.22. The van der Waals surface area contributed by atoms with Crippen molar-refractivity contribution in [2.45, 2.75) is 32.7 Å². The Morgan fingerprint density at radius 2 is 2.39 bits per heavy atom. The van der Waals surface area contributed by atoms with Gasteiger partial charge in [0.05, 0.1) is 6.54 Å². The van der Waals surface area contributed by atoms with Crippen LogP contribution in [0.3, 0.4) is 0 Å². The van der Waals surface area contributed by atoms with Crippen molar-refractivity contribution in [2.24, 2.45) is 5.92 Å². The van der Waals surface area contributed by atoms with Crippen LogP contribution in [0.4, 0.5) is 0 Å². The lowest BCUT2D eigenvalue weighted by molar-refractivity contribution is -0.131. The lowest BCUT2D eigenvalue weighted by Crippen LogP contribution is -2.29. The van der Waals surface area contributed by atoms with Crippen LogP contribution in [-0.2, 0) is 11.3 Å². The summed E-state index contributed by atoms with van der Waals surface area (Å²) >= 11 is 0. The molecule has 0 radical (unpaired) electrons. The van der Waals surface area contributed by atoms with Gasteiger partial charge >= 0.3 is 5.97 Å². The van der Waals surface area contributed by atoms with Crippen LogP contribution in [0.2, 0.25) is 0 Å². The van der Waals surface area contributed by atoms with Crippen molar-refractivity contribution in [3.05, 3.63) is 17.5 Å². The number of aromatic carboxylic acids is 1. The Balaban J connectivity index is 2.02. The molecule has 0 saturated carbocycles. The highest BCUT2D eigenvalue weighted by Crippen LogP contribution is 2.19. The maximum Gasteiger partial charge on any atom is 0.358 e. The Morgan fingerprint density at radius 1 is 1.61 bits per heavy atom. The first-order chi connectivity index (χ1) is 8.56. The number of likely N-dealkylation sites (tertiary alicyclic amines) is 1. The zero-order chi connectivity index (χ0) is 13.1. The Morgan fingerprint density at radius 3 is 3.06 bits per heavy atom. The molecule has 2 rings (SSSR count). The van der Waals surface area contributed by atoms with E-state index in [1.807, 2.05) is 0 Å². The van der Waals surface area contributed by atoms with Gasteiger partial charge in [-0.25, -0.2) is 4.79 Å². The summed E-state index contributed by atoms with van der Waals surface area (Å²) in [5.41, 5.74) is -0.124. The van der Waals surface area contributed by atoms with Gasteiger partial charge in [-0.1, -0.05) is 12.1 Å². The first-order valence-electron chi connectivity index (χ1n) is 6.03. The fraction of sp³-hybridized carbons (Fsp3) is 0.583. The highest BCUT2D eigenvalue weighted by molar-refractivity contribution is 5.85. The van der Waals surface area contributed by atoms with Gasteiger partial charge < -0.3 is 14.5 Å². The number of aromatic nitrogens is 1. The predicted octanol–water partition coefficient (Wildman–Crippen LogP) is 1.52. The first-order valence-corrected chi connectivity index (χ1v) is 6.03. The van der Waals surface area contributed by atoms with Crippen LogP contribution in [0.25, 0.3) is 0 Å². The molecule has 1 atom stereocenters. The zero-order valence-electron chi connectivity index (χ0n) is 10.3. The van der Waals surface area contributed by atoms with Crippen LogP contribution in [0.15, 0.2) is 10.6 Å². The van der Waals surface area contributed by atoms with Crippen LogP contribution < -0.4 is 0 Å². The number of carbonyl (C=O) groups excluding carboxylic acids is 1. The molecular weight excluding hydrogens is 236 g/mol. The Hall–Kier alpha value is -1.85. The molecule has 1 N–H and O–H groups in total. The summed E-state index contributed by atoms with van der Waals surface area (Å²) in [6.45, 7) is 3.11. The Labute approximate surface area is 105 Å². The van der Waals surface area contributed by atoms with Gasteiger partial charge in [0.15, 0.2) is 11.5 Å². The molecule has 1 fully saturated rings. The number of nitrogens with zero attached hydrogens (tertiary/aromatic N) is 2. The second-order valence-corrected chi connectivity index (χ2v) is 4.73. The monoisotopic (exact) mass is 252 g/mol. The summed E-state index contributed by atoms with van der Waals surface area (Å²) in [7, 11) is 0. The number of amides is 1. The predicted molar refractivity (Wildman–Crippen MR) is 61.9 cm³/mol. The van der Waals surface area contributed by atoms with E-state index in [1.54, 1.807) is 4.90 Å². The third-order valence-electron chi connectivity index (χ3n) is 3.22. The molecule has 6 heteroatoms. The highest BCUT2D eigenvalue weighted by Gasteiger charge is 2.22. The van der Waals surface area contributed by atoms with Crippen molar-refractivity contribution in [3.63, 3.8) is 0 Å². The molecule has 1 aromatic rings. The minimum absolute atomic E-state index is 0.0904. The van der Waals surface area contributed by atoms with Crippen molar-refractivity contribution >= 4 is 11.9 Å². The van der Waals surface area contributed by atoms with Crippen LogP contribution in [0, 0.1) is 5.92 Å². The SMILES string of the molecule is CC1CCC(=O)N(Cc2cc(C(=O)O)no2)CC1. The minimum atomic E-state index is -1.12. The van der Waals surface area contributed by atoms with E-state index in [0.29, 0.717) is 31.2 Å². The van der Waals surface area contributed by atoms with E-state index in [2.05, 4.69) is 12.1 Å². The lowest BCUT2D eigenvalue weighted by atomic mass is 10.0. The molecule has 1 aliphatic rings. The van der Waals surface area contributed by atoms with Crippen molar-refractivity contribution in [2.75, 3.05) is 6.54 Å². The molecule has 1 aromatic heterocycles. The number of rotatable bonds is 3. The zero-order valence-corrected chi connectivity index (χ0v) is 10.3. The smallest absolute Gasteiger partial charge is 0.358 e. The van der Waals surface area contributed by atoms with Crippen LogP contribution in [-0.4, -0.2) is 33.6 Å². The van der Waals surface area contributed by atoms with Gasteiger partial charge in [0.1, 0.15) is 0 Å². The number of carbonyl (C=O) groups is 2. The molecule has 1 aliphatic heterocycles. The largest absolute Gasteiger partial charge is 0.476 e. The molecule has 2 heterocycles. The normalized spacial score (nSPS) is 20.8. The quantitative estimate of drug-likeness (QED) is 0.881. The average molecular weight is 252 g/mol. The van der Waals surface area contributed by atoms with Gasteiger partial charge in [0.25, 0.3) is 0 Å². The fourth-order valence-electron chi connectivity index (χ4n) is 2.02. The fourth-order valence-corrected chi connectivity index (χ4v) is 2.02. The van der Waals surface area contributed by atoms with Crippen LogP contribution in [0.1, 0.15) is 42.4 Å². The first kappa shape index (κ1) is 12.6. The van der Waals surface area contributed by atoms with Crippen molar-refractivity contribution < 1.29 is 19.2 Å². The molecule has 1 saturated heterocycles. The summed E-state index contributed by atoms with van der Waals surface area (Å²) in [5, 5.41) is 12.2. The maximum absolute atomic E-state index is 11.9. The number of carboxylic acid groups (broad SMARTS) is 1. The standard InChI is InChI=1S/C12H16N2O4/c1-8-2-3-11(15)14(5-4-8)7-9-6-10(12(16)17)13-18-9/h6,8H,2-5,7H2,1H3,(H,16,17). The van der Waals surface area contributed by atoms with E-state index in [4.69, 9.17) is 9.63 Å². The highest BCUT2D eigenvalue weighted by atomic mass is 16.5. The molecule has 1 unspecified atom stereocenters. The molecular formula is C12H16N2O4. The maximum atomic E-state index is 11.9. The number of hydrogen-bond donors (Lipinski definition) is 1. The van der Waals surface area contributed by atoms with E-state index < -0.39 is 5.97 Å². The van der Waals surface area contributed by atoms with Crippen molar-refractivity contribution in [3.8, 4) is 0 Å². The molecule has 6 nitrogen and oxygen atoms in total. The Kier molecular flexibility index (Phi) is 3.64. The minimum Gasteiger partial charge on any atom is -0.476 e. The summed E-state index contributed by atoms with van der Waals surface area (Å²) in [6, 6.07) is 1.37. The second-order valence-electron chi connectivity index (χ2n) is 4.73. The van der Waals surface area contributed by atoms with Crippen LogP contribution in [0.5, 0.6) is 0 Å². The van der Waals surface area contributed by atoms with Gasteiger partial charge in [-0.2, -0.15) is 0 Å². The molecule has 1 amide bonds. The summed E-state index contributed by atoms with van der Waals surface area (Å²) in [4.78, 5) is 24.2. The van der Waals surface area contributed by atoms with Crippen molar-refractivity contribution in [1.29, 1.82) is 0 Å². The van der Waals surface area contributed by atoms with Crippen LogP contribution >= 0.6 is 0 Å². The van der Waals surface area contributed by atoms with Gasteiger partial charge in [-0.05, 0) is 18.8 Å². The summed E-state index contributed by atoms with van der Waals surface area (Å²) in [6.07, 6.45) is 2.42. The molecule has 0 aliphatic carbocycles. The molecule has 98 valence electrons. The topological polar surface area (TPSA) is 83.6 Å². The van der Waals surface area contributed by atoms with E-state index in [-0.39, 0.29) is 11.6 Å². The van der Waals surface area contributed by atoms with E-state index in [9.17, 15) is 9.59 Å². The third kappa shape index (κ3) is 2.88. The van der Waals surface area contributed by atoms with E-state index in [1.165, 1.54) is 6.07 Å². The van der Waals surface area contributed by atoms with Gasteiger partial charge in [0, 0.05) is 19.0 Å².